The van der Waals surface area contributed by atoms with Gasteiger partial charge in [0.1, 0.15) is 11.4 Å². The molecule has 0 aromatic carbocycles. The lowest BCUT2D eigenvalue weighted by atomic mass is 10.1. The Morgan fingerprint density at radius 3 is 2.94 bits per heavy atom. The van der Waals surface area contributed by atoms with Crippen molar-refractivity contribution in [3.8, 4) is 0 Å². The lowest BCUT2D eigenvalue weighted by molar-refractivity contribution is 0.0696. The van der Waals surface area contributed by atoms with Crippen LogP contribution in [0.5, 0.6) is 0 Å². The van der Waals surface area contributed by atoms with Crippen molar-refractivity contribution in [1.29, 1.82) is 0 Å². The standard InChI is InChI=1S/C11H16N2O4/c1-8-2-3-12-10(9(8)11(15)16)13-4-6-17-7-5-14/h2-3,14H,4-7H2,1H3,(H,12,13)(H,15,16). The Hall–Kier alpha value is -1.66. The van der Waals surface area contributed by atoms with Gasteiger partial charge in [-0.05, 0) is 18.6 Å². The number of rotatable bonds is 7. The van der Waals surface area contributed by atoms with E-state index < -0.39 is 5.97 Å². The molecule has 3 N–H and O–H groups in total. The zero-order valence-electron chi connectivity index (χ0n) is 9.64. The van der Waals surface area contributed by atoms with Crippen molar-refractivity contribution < 1.29 is 19.7 Å². The van der Waals surface area contributed by atoms with E-state index in [4.69, 9.17) is 14.9 Å². The number of pyridine rings is 1. The summed E-state index contributed by atoms with van der Waals surface area (Å²) in [6, 6.07) is 1.65. The molecule has 6 nitrogen and oxygen atoms in total. The van der Waals surface area contributed by atoms with E-state index in [1.807, 2.05) is 0 Å². The molecule has 1 aromatic heterocycles. The van der Waals surface area contributed by atoms with E-state index in [2.05, 4.69) is 10.3 Å². The van der Waals surface area contributed by atoms with Crippen molar-refractivity contribution in [3.63, 3.8) is 0 Å². The molecule has 0 fully saturated rings. The highest BCUT2D eigenvalue weighted by atomic mass is 16.5. The van der Waals surface area contributed by atoms with Crippen LogP contribution in [0.3, 0.4) is 0 Å². The molecule has 1 heterocycles. The summed E-state index contributed by atoms with van der Waals surface area (Å²) in [5.74, 6) is -0.667. The van der Waals surface area contributed by atoms with Gasteiger partial charge in [-0.25, -0.2) is 9.78 Å². The number of ether oxygens (including phenoxy) is 1. The number of hydrogen-bond donors (Lipinski definition) is 3. The number of hydrogen-bond acceptors (Lipinski definition) is 5. The number of carboxylic acids is 1. The molecule has 0 bridgehead atoms. The van der Waals surface area contributed by atoms with Crippen molar-refractivity contribution in [2.45, 2.75) is 6.92 Å². The topological polar surface area (TPSA) is 91.7 Å². The molecule has 0 aliphatic heterocycles. The molecule has 0 aliphatic rings. The predicted molar refractivity (Wildman–Crippen MR) is 62.3 cm³/mol. The van der Waals surface area contributed by atoms with Crippen LogP contribution in [0, 0.1) is 6.92 Å². The minimum atomic E-state index is -1.01. The minimum absolute atomic E-state index is 0.0247. The first-order valence-corrected chi connectivity index (χ1v) is 5.28. The molecule has 0 aliphatic carbocycles. The number of nitrogens with zero attached hydrogens (tertiary/aromatic N) is 1. The zero-order valence-corrected chi connectivity index (χ0v) is 9.64. The molecule has 0 saturated heterocycles. The molecular weight excluding hydrogens is 224 g/mol. The summed E-state index contributed by atoms with van der Waals surface area (Å²) < 4.78 is 5.05. The van der Waals surface area contributed by atoms with E-state index >= 15 is 0 Å². The fraction of sp³-hybridized carbons (Fsp3) is 0.455. The third-order valence-corrected chi connectivity index (χ3v) is 2.15. The SMILES string of the molecule is Cc1ccnc(NCCOCCO)c1C(=O)O. The van der Waals surface area contributed by atoms with Gasteiger partial charge in [-0.15, -0.1) is 0 Å². The van der Waals surface area contributed by atoms with Gasteiger partial charge in [0.05, 0.1) is 19.8 Å². The van der Waals surface area contributed by atoms with Gasteiger partial charge < -0.3 is 20.3 Å². The average Bonchev–Trinajstić information content (AvgIpc) is 2.28. The number of aryl methyl sites for hydroxylation is 1. The van der Waals surface area contributed by atoms with Gasteiger partial charge in [0.15, 0.2) is 0 Å². The zero-order chi connectivity index (χ0) is 12.7. The maximum atomic E-state index is 11.0. The Labute approximate surface area is 99.3 Å². The molecular formula is C11H16N2O4. The molecule has 0 radical (unpaired) electrons. The lowest BCUT2D eigenvalue weighted by Crippen LogP contribution is -2.15. The van der Waals surface area contributed by atoms with E-state index in [9.17, 15) is 4.79 Å². The fourth-order valence-corrected chi connectivity index (χ4v) is 1.37. The van der Waals surface area contributed by atoms with E-state index in [0.29, 0.717) is 24.5 Å². The first-order valence-electron chi connectivity index (χ1n) is 5.28. The van der Waals surface area contributed by atoms with Crippen LogP contribution < -0.4 is 5.32 Å². The third-order valence-electron chi connectivity index (χ3n) is 2.15. The van der Waals surface area contributed by atoms with Gasteiger partial charge >= 0.3 is 5.97 Å². The lowest BCUT2D eigenvalue weighted by Gasteiger charge is -2.10. The van der Waals surface area contributed by atoms with E-state index in [1.165, 1.54) is 0 Å². The Balaban J connectivity index is 2.58. The molecule has 94 valence electrons. The van der Waals surface area contributed by atoms with Gasteiger partial charge in [-0.1, -0.05) is 0 Å². The second-order valence-corrected chi connectivity index (χ2v) is 3.42. The highest BCUT2D eigenvalue weighted by molar-refractivity contribution is 5.94. The Kier molecular flexibility index (Phi) is 5.38. The normalized spacial score (nSPS) is 10.2. The molecule has 6 heteroatoms. The summed E-state index contributed by atoms with van der Waals surface area (Å²) in [4.78, 5) is 15.0. The van der Waals surface area contributed by atoms with Crippen LogP contribution in [0.15, 0.2) is 12.3 Å². The summed E-state index contributed by atoms with van der Waals surface area (Å²) in [6.07, 6.45) is 1.55. The Morgan fingerprint density at radius 1 is 1.53 bits per heavy atom. The number of carbonyl (C=O) groups is 1. The first kappa shape index (κ1) is 13.4. The summed E-state index contributed by atoms with van der Waals surface area (Å²) in [5, 5.41) is 20.4. The van der Waals surface area contributed by atoms with Crippen molar-refractivity contribution >= 4 is 11.8 Å². The number of aliphatic hydroxyl groups excluding tert-OH is 1. The van der Waals surface area contributed by atoms with Crippen LogP contribution in [0.1, 0.15) is 15.9 Å². The van der Waals surface area contributed by atoms with Crippen molar-refractivity contribution in [1.82, 2.24) is 4.98 Å². The Bertz CT molecular complexity index is 382. The molecule has 17 heavy (non-hydrogen) atoms. The quantitative estimate of drug-likeness (QED) is 0.601. The number of nitrogens with one attached hydrogen (secondary N) is 1. The van der Waals surface area contributed by atoms with Gasteiger partial charge in [0.2, 0.25) is 0 Å². The predicted octanol–water partition coefficient (Wildman–Crippen LogP) is 0.509. The third kappa shape index (κ3) is 4.01. The molecule has 0 amide bonds. The van der Waals surface area contributed by atoms with E-state index in [1.54, 1.807) is 19.2 Å². The molecule has 1 aromatic rings. The smallest absolute Gasteiger partial charge is 0.339 e. The average molecular weight is 240 g/mol. The van der Waals surface area contributed by atoms with Gasteiger partial charge in [-0.2, -0.15) is 0 Å². The number of aromatic nitrogens is 1. The van der Waals surface area contributed by atoms with Crippen LogP contribution >= 0.6 is 0 Å². The van der Waals surface area contributed by atoms with Gasteiger partial charge in [0.25, 0.3) is 0 Å². The highest BCUT2D eigenvalue weighted by Gasteiger charge is 2.13. The van der Waals surface area contributed by atoms with Crippen molar-refractivity contribution in [2.75, 3.05) is 31.7 Å². The second kappa shape index (κ2) is 6.82. The van der Waals surface area contributed by atoms with E-state index in [-0.39, 0.29) is 18.8 Å². The van der Waals surface area contributed by atoms with Crippen LogP contribution in [0.25, 0.3) is 0 Å². The highest BCUT2D eigenvalue weighted by Crippen LogP contribution is 2.15. The second-order valence-electron chi connectivity index (χ2n) is 3.42. The van der Waals surface area contributed by atoms with Crippen LogP contribution in [0.4, 0.5) is 5.82 Å². The summed E-state index contributed by atoms with van der Waals surface area (Å²) in [7, 11) is 0. The van der Waals surface area contributed by atoms with Crippen LogP contribution in [0.2, 0.25) is 0 Å². The summed E-state index contributed by atoms with van der Waals surface area (Å²) in [6.45, 7) is 2.79. The minimum Gasteiger partial charge on any atom is -0.478 e. The first-order chi connectivity index (χ1) is 8.16. The van der Waals surface area contributed by atoms with E-state index in [0.717, 1.165) is 0 Å². The van der Waals surface area contributed by atoms with Crippen molar-refractivity contribution in [2.24, 2.45) is 0 Å². The fourth-order valence-electron chi connectivity index (χ4n) is 1.37. The molecule has 0 spiro atoms. The summed E-state index contributed by atoms with van der Waals surface area (Å²) >= 11 is 0. The molecule has 1 rings (SSSR count). The maximum absolute atomic E-state index is 11.0. The largest absolute Gasteiger partial charge is 0.478 e. The number of aromatic carboxylic acids is 1. The number of aliphatic hydroxyl groups is 1. The molecule has 0 unspecified atom stereocenters. The van der Waals surface area contributed by atoms with Gasteiger partial charge in [0, 0.05) is 12.7 Å². The van der Waals surface area contributed by atoms with Crippen LogP contribution in [-0.4, -0.2) is 47.5 Å². The monoisotopic (exact) mass is 240 g/mol. The Morgan fingerprint density at radius 2 is 2.29 bits per heavy atom. The van der Waals surface area contributed by atoms with Crippen molar-refractivity contribution in [3.05, 3.63) is 23.4 Å². The summed E-state index contributed by atoms with van der Waals surface area (Å²) in [5.41, 5.74) is 0.834. The molecule has 0 atom stereocenters. The number of anilines is 1. The maximum Gasteiger partial charge on any atom is 0.339 e. The van der Waals surface area contributed by atoms with Gasteiger partial charge in [-0.3, -0.25) is 0 Å². The molecule has 0 saturated carbocycles. The number of carboxylic acid groups (broad SMARTS) is 1. The van der Waals surface area contributed by atoms with Crippen LogP contribution in [-0.2, 0) is 4.74 Å².